The number of unbranched alkanes of at least 4 members (excludes halogenated alkanes) is 1. The molecule has 2 saturated heterocycles. The van der Waals surface area contributed by atoms with E-state index in [1.165, 1.54) is 24.3 Å². The molecule has 192 valence electrons. The van der Waals surface area contributed by atoms with Crippen molar-refractivity contribution in [3.63, 3.8) is 0 Å². The van der Waals surface area contributed by atoms with Crippen LogP contribution in [0.15, 0.2) is 45.6 Å². The summed E-state index contributed by atoms with van der Waals surface area (Å²) in [4.78, 5) is 47.2. The number of aromatic hydroxyl groups is 1. The maximum atomic E-state index is 12.0. The SMILES string of the molecule is O=C(/C=C/Cc1cc(=O)oc2cc(O)ccc12)NCCNC(=O)CCCCC1SCC2NC(=O)NC21. The van der Waals surface area contributed by atoms with Gasteiger partial charge in [-0.25, -0.2) is 9.59 Å². The molecule has 1 aromatic heterocycles. The van der Waals surface area contributed by atoms with E-state index in [1.54, 1.807) is 12.1 Å². The Morgan fingerprint density at radius 3 is 2.83 bits per heavy atom. The molecule has 0 aliphatic carbocycles. The van der Waals surface area contributed by atoms with Crippen molar-refractivity contribution < 1.29 is 23.9 Å². The first-order valence-electron chi connectivity index (χ1n) is 12.0. The zero-order chi connectivity index (χ0) is 25.5. The van der Waals surface area contributed by atoms with Crippen LogP contribution in [0.25, 0.3) is 11.0 Å². The highest BCUT2D eigenvalue weighted by Crippen LogP contribution is 2.33. The number of urea groups is 1. The van der Waals surface area contributed by atoms with E-state index in [0.29, 0.717) is 42.1 Å². The Bertz CT molecular complexity index is 1210. The van der Waals surface area contributed by atoms with E-state index >= 15 is 0 Å². The second-order valence-corrected chi connectivity index (χ2v) is 10.2. The van der Waals surface area contributed by atoms with Crippen molar-refractivity contribution in [2.45, 2.75) is 49.4 Å². The lowest BCUT2D eigenvalue weighted by molar-refractivity contribution is -0.121. The Morgan fingerprint density at radius 2 is 1.97 bits per heavy atom. The number of fused-ring (bicyclic) bond motifs is 2. The number of hydrogen-bond acceptors (Lipinski definition) is 7. The zero-order valence-corrected chi connectivity index (χ0v) is 20.6. The number of carbonyl (C=O) groups is 3. The summed E-state index contributed by atoms with van der Waals surface area (Å²) in [6.07, 6.45) is 6.48. The van der Waals surface area contributed by atoms with Crippen molar-refractivity contribution >= 4 is 40.6 Å². The number of amides is 4. The second-order valence-electron chi connectivity index (χ2n) is 8.89. The molecule has 4 amide bonds. The molecule has 10 nitrogen and oxygen atoms in total. The van der Waals surface area contributed by atoms with Gasteiger partial charge in [0.15, 0.2) is 0 Å². The van der Waals surface area contributed by atoms with Crippen molar-refractivity contribution in [1.82, 2.24) is 21.3 Å². The smallest absolute Gasteiger partial charge is 0.336 e. The molecule has 3 heterocycles. The number of allylic oxidation sites excluding steroid dienone is 1. The third-order valence-electron chi connectivity index (χ3n) is 6.25. The van der Waals surface area contributed by atoms with Gasteiger partial charge in [0.25, 0.3) is 0 Å². The lowest BCUT2D eigenvalue weighted by atomic mass is 10.0. The first-order chi connectivity index (χ1) is 17.4. The van der Waals surface area contributed by atoms with Crippen LogP contribution in [0.1, 0.15) is 31.2 Å². The fourth-order valence-electron chi connectivity index (χ4n) is 4.49. The van der Waals surface area contributed by atoms with Crippen LogP contribution in [0.3, 0.4) is 0 Å². The van der Waals surface area contributed by atoms with E-state index < -0.39 is 5.63 Å². The summed E-state index contributed by atoms with van der Waals surface area (Å²) >= 11 is 1.87. The number of nitrogens with one attached hydrogen (secondary N) is 4. The molecule has 2 aliphatic rings. The first kappa shape index (κ1) is 25.6. The summed E-state index contributed by atoms with van der Waals surface area (Å²) in [5, 5.41) is 22.1. The van der Waals surface area contributed by atoms with Crippen LogP contribution in [-0.2, 0) is 16.0 Å². The largest absolute Gasteiger partial charge is 0.508 e. The van der Waals surface area contributed by atoms with Crippen molar-refractivity contribution in [2.24, 2.45) is 0 Å². The summed E-state index contributed by atoms with van der Waals surface area (Å²) in [7, 11) is 0. The minimum atomic E-state index is -0.526. The van der Waals surface area contributed by atoms with Gasteiger partial charge in [-0.3, -0.25) is 9.59 Å². The fourth-order valence-corrected chi connectivity index (χ4v) is 6.03. The molecule has 3 unspecified atom stereocenters. The molecule has 2 aliphatic heterocycles. The van der Waals surface area contributed by atoms with E-state index in [1.807, 2.05) is 11.8 Å². The van der Waals surface area contributed by atoms with Crippen molar-refractivity contribution in [3.8, 4) is 5.75 Å². The second kappa shape index (κ2) is 12.0. The van der Waals surface area contributed by atoms with Crippen LogP contribution < -0.4 is 26.9 Å². The summed E-state index contributed by atoms with van der Waals surface area (Å²) in [6, 6.07) is 6.24. The Labute approximate surface area is 212 Å². The molecule has 3 atom stereocenters. The Kier molecular flexibility index (Phi) is 8.52. The molecule has 11 heteroatoms. The number of phenolic OH excluding ortho intramolecular Hbond substituents is 1. The van der Waals surface area contributed by atoms with Gasteiger partial charge in [0.1, 0.15) is 11.3 Å². The average Bonchev–Trinajstić information content (AvgIpc) is 3.38. The van der Waals surface area contributed by atoms with Crippen LogP contribution >= 0.6 is 11.8 Å². The van der Waals surface area contributed by atoms with Crippen LogP contribution in [0, 0.1) is 0 Å². The normalized spacial score (nSPS) is 20.8. The zero-order valence-electron chi connectivity index (χ0n) is 19.7. The molecule has 4 rings (SSSR count). The maximum Gasteiger partial charge on any atom is 0.336 e. The fraction of sp³-hybridized carbons (Fsp3) is 0.440. The Morgan fingerprint density at radius 1 is 1.14 bits per heavy atom. The number of hydrogen-bond donors (Lipinski definition) is 5. The van der Waals surface area contributed by atoms with Crippen molar-refractivity contribution in [3.05, 3.63) is 52.4 Å². The summed E-state index contributed by atoms with van der Waals surface area (Å²) in [5.74, 6) is 0.592. The highest BCUT2D eigenvalue weighted by Gasteiger charge is 2.42. The van der Waals surface area contributed by atoms with Gasteiger partial charge >= 0.3 is 11.7 Å². The van der Waals surface area contributed by atoms with Gasteiger partial charge < -0.3 is 30.8 Å². The monoisotopic (exact) mass is 514 g/mol. The van der Waals surface area contributed by atoms with Gasteiger partial charge in [0.05, 0.1) is 12.1 Å². The summed E-state index contributed by atoms with van der Waals surface area (Å²) < 4.78 is 5.10. The molecular formula is C25H30N4O6S. The third-order valence-corrected chi connectivity index (χ3v) is 7.76. The number of benzene rings is 1. The predicted octanol–water partition coefficient (Wildman–Crippen LogP) is 1.56. The molecule has 36 heavy (non-hydrogen) atoms. The minimum Gasteiger partial charge on any atom is -0.508 e. The van der Waals surface area contributed by atoms with Gasteiger partial charge in [-0.1, -0.05) is 12.5 Å². The van der Waals surface area contributed by atoms with Crippen LogP contribution in [0.5, 0.6) is 5.75 Å². The highest BCUT2D eigenvalue weighted by atomic mass is 32.2. The van der Waals surface area contributed by atoms with Gasteiger partial charge in [0, 0.05) is 48.0 Å². The molecule has 0 saturated carbocycles. The minimum absolute atomic E-state index is 0.00375. The molecular weight excluding hydrogens is 484 g/mol. The first-order valence-corrected chi connectivity index (χ1v) is 13.1. The lowest BCUT2D eigenvalue weighted by Gasteiger charge is -2.16. The molecule has 2 aromatic rings. The number of carbonyl (C=O) groups excluding carboxylic acids is 3. The van der Waals surface area contributed by atoms with E-state index in [0.717, 1.165) is 25.0 Å². The summed E-state index contributed by atoms with van der Waals surface area (Å²) in [5.41, 5.74) is 0.452. The standard InChI is InChI=1S/C25H30N4O6S/c30-16-8-9-17-15(12-23(33)35-19(17)13-16)4-3-7-22(32)27-11-10-26-21(31)6-2-1-5-20-24-18(14-36-20)28-25(34)29-24/h3,7-9,12-13,18,20,24,30H,1-2,4-6,10-11,14H2,(H,26,31)(H,27,32)(H2,28,29,34)/b7-3+. The summed E-state index contributed by atoms with van der Waals surface area (Å²) in [6.45, 7) is 0.646. The Balaban J connectivity index is 1.08. The third kappa shape index (κ3) is 6.81. The molecule has 0 radical (unpaired) electrons. The number of thioether (sulfide) groups is 1. The van der Waals surface area contributed by atoms with E-state index in [4.69, 9.17) is 4.42 Å². The number of phenols is 1. The van der Waals surface area contributed by atoms with Crippen molar-refractivity contribution in [1.29, 1.82) is 0 Å². The van der Waals surface area contributed by atoms with Gasteiger partial charge in [-0.05, 0) is 43.0 Å². The quantitative estimate of drug-likeness (QED) is 0.132. The molecule has 0 bridgehead atoms. The average molecular weight is 515 g/mol. The van der Waals surface area contributed by atoms with Gasteiger partial charge in [-0.2, -0.15) is 11.8 Å². The highest BCUT2D eigenvalue weighted by molar-refractivity contribution is 8.00. The molecule has 0 spiro atoms. The lowest BCUT2D eigenvalue weighted by Crippen LogP contribution is -2.36. The van der Waals surface area contributed by atoms with Gasteiger partial charge in [-0.15, -0.1) is 0 Å². The van der Waals surface area contributed by atoms with Crippen LogP contribution in [0.2, 0.25) is 0 Å². The van der Waals surface area contributed by atoms with Gasteiger partial charge in [0.2, 0.25) is 11.8 Å². The maximum absolute atomic E-state index is 12.0. The topological polar surface area (TPSA) is 150 Å². The van der Waals surface area contributed by atoms with E-state index in [2.05, 4.69) is 21.3 Å². The molecule has 5 N–H and O–H groups in total. The van der Waals surface area contributed by atoms with Crippen molar-refractivity contribution in [2.75, 3.05) is 18.8 Å². The number of rotatable bonds is 11. The van der Waals surface area contributed by atoms with Crippen LogP contribution in [0.4, 0.5) is 4.79 Å². The molecule has 2 fully saturated rings. The molecule has 1 aromatic carbocycles. The van der Waals surface area contributed by atoms with Crippen LogP contribution in [-0.4, -0.2) is 59.1 Å². The Hall–Kier alpha value is -3.47. The van der Waals surface area contributed by atoms with E-state index in [-0.39, 0.29) is 41.3 Å². The predicted molar refractivity (Wildman–Crippen MR) is 137 cm³/mol. The van der Waals surface area contributed by atoms with E-state index in [9.17, 15) is 24.3 Å².